The van der Waals surface area contributed by atoms with Gasteiger partial charge in [-0.3, -0.25) is 4.79 Å². The van der Waals surface area contributed by atoms with E-state index in [1.54, 1.807) is 6.07 Å². The van der Waals surface area contributed by atoms with Crippen LogP contribution < -0.4 is 5.56 Å². The maximum absolute atomic E-state index is 12.3. The second kappa shape index (κ2) is 6.63. The van der Waals surface area contributed by atoms with Gasteiger partial charge in [-0.05, 0) is 36.1 Å². The van der Waals surface area contributed by atoms with E-state index in [2.05, 4.69) is 40.0 Å². The zero-order chi connectivity index (χ0) is 18.1. The number of rotatable bonds is 5. The number of fused-ring (bicyclic) bond motifs is 1. The van der Waals surface area contributed by atoms with Crippen LogP contribution >= 0.6 is 0 Å². The summed E-state index contributed by atoms with van der Waals surface area (Å²) in [5, 5.41) is 5.11. The number of aromatic amines is 2. The highest BCUT2D eigenvalue weighted by molar-refractivity contribution is 5.83. The van der Waals surface area contributed by atoms with E-state index in [9.17, 15) is 4.79 Å². The van der Waals surface area contributed by atoms with Gasteiger partial charge in [0.25, 0.3) is 5.56 Å². The van der Waals surface area contributed by atoms with Crippen LogP contribution in [0, 0.1) is 5.92 Å². The lowest BCUT2D eigenvalue weighted by Crippen LogP contribution is -2.13. The summed E-state index contributed by atoms with van der Waals surface area (Å²) in [5.74, 6) is 1.28. The fourth-order valence-corrected chi connectivity index (χ4v) is 3.13. The summed E-state index contributed by atoms with van der Waals surface area (Å²) in [6.07, 6.45) is 3.29. The van der Waals surface area contributed by atoms with Gasteiger partial charge in [0.2, 0.25) is 11.7 Å². The van der Waals surface area contributed by atoms with Crippen LogP contribution in [0.3, 0.4) is 0 Å². The van der Waals surface area contributed by atoms with Crippen molar-refractivity contribution in [2.24, 2.45) is 5.92 Å². The second-order valence-electron chi connectivity index (χ2n) is 6.87. The maximum atomic E-state index is 12.3. The fourth-order valence-electron chi connectivity index (χ4n) is 3.13. The van der Waals surface area contributed by atoms with Crippen LogP contribution in [0.4, 0.5) is 0 Å². The Hall–Kier alpha value is -3.15. The minimum Gasteiger partial charge on any atom is -0.361 e. The molecular formula is C20H20N4O2. The van der Waals surface area contributed by atoms with E-state index in [0.29, 0.717) is 29.6 Å². The molecule has 26 heavy (non-hydrogen) atoms. The van der Waals surface area contributed by atoms with E-state index in [-0.39, 0.29) is 5.56 Å². The van der Waals surface area contributed by atoms with Crippen LogP contribution in [0.5, 0.6) is 0 Å². The minimum atomic E-state index is -0.192. The summed E-state index contributed by atoms with van der Waals surface area (Å²) < 4.78 is 5.36. The summed E-state index contributed by atoms with van der Waals surface area (Å²) in [6.45, 7) is 4.23. The summed E-state index contributed by atoms with van der Waals surface area (Å²) >= 11 is 0. The zero-order valence-corrected chi connectivity index (χ0v) is 14.7. The van der Waals surface area contributed by atoms with Gasteiger partial charge in [0.1, 0.15) is 0 Å². The SMILES string of the molecule is CC(C)Cc1ccc(-c2noc(Cc3c[nH]c4ccccc34)n2)c(=O)[nH]1. The molecule has 1 aromatic carbocycles. The molecule has 0 aliphatic carbocycles. The Bertz CT molecular complexity index is 1100. The molecule has 4 rings (SSSR count). The van der Waals surface area contributed by atoms with Crippen LogP contribution in [0.15, 0.2) is 51.9 Å². The van der Waals surface area contributed by atoms with E-state index in [4.69, 9.17) is 4.52 Å². The molecule has 0 spiro atoms. The number of benzene rings is 1. The van der Waals surface area contributed by atoms with Crippen LogP contribution in [0.1, 0.15) is 31.0 Å². The van der Waals surface area contributed by atoms with E-state index in [1.807, 2.05) is 30.5 Å². The zero-order valence-electron chi connectivity index (χ0n) is 14.7. The lowest BCUT2D eigenvalue weighted by Gasteiger charge is -2.04. The molecule has 0 fully saturated rings. The Morgan fingerprint density at radius 3 is 2.81 bits per heavy atom. The van der Waals surface area contributed by atoms with Crippen molar-refractivity contribution in [1.29, 1.82) is 0 Å². The highest BCUT2D eigenvalue weighted by atomic mass is 16.5. The first-order chi connectivity index (χ1) is 12.6. The maximum Gasteiger partial charge on any atom is 0.259 e. The number of hydrogen-bond donors (Lipinski definition) is 2. The molecule has 4 aromatic rings. The Kier molecular flexibility index (Phi) is 4.16. The molecule has 6 nitrogen and oxygen atoms in total. The molecule has 0 amide bonds. The van der Waals surface area contributed by atoms with Crippen molar-refractivity contribution in [1.82, 2.24) is 20.1 Å². The third-order valence-electron chi connectivity index (χ3n) is 4.32. The Balaban J connectivity index is 1.59. The molecule has 3 heterocycles. The number of nitrogens with zero attached hydrogens (tertiary/aromatic N) is 2. The first-order valence-corrected chi connectivity index (χ1v) is 8.70. The molecule has 0 unspecified atom stereocenters. The molecule has 132 valence electrons. The molecule has 3 aromatic heterocycles. The van der Waals surface area contributed by atoms with Crippen molar-refractivity contribution in [3.05, 3.63) is 70.1 Å². The second-order valence-corrected chi connectivity index (χ2v) is 6.87. The molecule has 0 saturated heterocycles. The van der Waals surface area contributed by atoms with Gasteiger partial charge in [0.05, 0.1) is 12.0 Å². The van der Waals surface area contributed by atoms with Crippen LogP contribution in [-0.2, 0) is 12.8 Å². The highest BCUT2D eigenvalue weighted by Crippen LogP contribution is 2.21. The molecule has 0 aliphatic rings. The predicted molar refractivity (Wildman–Crippen MR) is 100 cm³/mol. The van der Waals surface area contributed by atoms with E-state index in [0.717, 1.165) is 28.6 Å². The van der Waals surface area contributed by atoms with Crippen molar-refractivity contribution >= 4 is 10.9 Å². The normalized spacial score (nSPS) is 11.5. The molecular weight excluding hydrogens is 328 g/mol. The van der Waals surface area contributed by atoms with Gasteiger partial charge in [-0.25, -0.2) is 0 Å². The first-order valence-electron chi connectivity index (χ1n) is 8.70. The molecule has 2 N–H and O–H groups in total. The number of para-hydroxylation sites is 1. The topological polar surface area (TPSA) is 87.6 Å². The quantitative estimate of drug-likeness (QED) is 0.576. The van der Waals surface area contributed by atoms with E-state index in [1.165, 1.54) is 0 Å². The van der Waals surface area contributed by atoms with Gasteiger partial charge in [0.15, 0.2) is 0 Å². The highest BCUT2D eigenvalue weighted by Gasteiger charge is 2.14. The first kappa shape index (κ1) is 16.3. The molecule has 0 aliphatic heterocycles. The number of nitrogens with one attached hydrogen (secondary N) is 2. The minimum absolute atomic E-state index is 0.192. The standard InChI is InChI=1S/C20H20N4O2/c1-12(2)9-14-7-8-16(20(25)22-14)19-23-18(26-24-19)10-13-11-21-17-6-4-3-5-15(13)17/h3-8,11-12,21H,9-10H2,1-2H3,(H,22,25). The van der Waals surface area contributed by atoms with E-state index >= 15 is 0 Å². The smallest absolute Gasteiger partial charge is 0.259 e. The largest absolute Gasteiger partial charge is 0.361 e. The average Bonchev–Trinajstić information content (AvgIpc) is 3.23. The fraction of sp³-hybridized carbons (Fsp3) is 0.250. The average molecular weight is 348 g/mol. The lowest BCUT2D eigenvalue weighted by atomic mass is 10.1. The number of aromatic nitrogens is 4. The van der Waals surface area contributed by atoms with Crippen molar-refractivity contribution < 1.29 is 4.52 Å². The van der Waals surface area contributed by atoms with Gasteiger partial charge in [-0.2, -0.15) is 4.98 Å². The third-order valence-corrected chi connectivity index (χ3v) is 4.32. The predicted octanol–water partition coefficient (Wildman–Crippen LogP) is 3.70. The number of H-pyrrole nitrogens is 2. The molecule has 0 radical (unpaired) electrons. The van der Waals surface area contributed by atoms with Gasteiger partial charge in [0, 0.05) is 22.8 Å². The lowest BCUT2D eigenvalue weighted by molar-refractivity contribution is 0.386. The molecule has 6 heteroatoms. The Labute approximate surface area is 150 Å². The van der Waals surface area contributed by atoms with Crippen molar-refractivity contribution in [2.45, 2.75) is 26.7 Å². The van der Waals surface area contributed by atoms with Crippen molar-refractivity contribution in [2.75, 3.05) is 0 Å². The number of pyridine rings is 1. The van der Waals surface area contributed by atoms with Crippen LogP contribution in [0.25, 0.3) is 22.3 Å². The van der Waals surface area contributed by atoms with Crippen LogP contribution in [-0.4, -0.2) is 20.1 Å². The van der Waals surface area contributed by atoms with Crippen molar-refractivity contribution in [3.8, 4) is 11.4 Å². The molecule has 0 bridgehead atoms. The summed E-state index contributed by atoms with van der Waals surface area (Å²) in [6, 6.07) is 11.7. The van der Waals surface area contributed by atoms with Crippen molar-refractivity contribution in [3.63, 3.8) is 0 Å². The molecule has 0 saturated carbocycles. The van der Waals surface area contributed by atoms with E-state index < -0.39 is 0 Å². The number of hydrogen-bond acceptors (Lipinski definition) is 4. The molecule has 0 atom stereocenters. The van der Waals surface area contributed by atoms with Gasteiger partial charge in [-0.15, -0.1) is 0 Å². The summed E-state index contributed by atoms with van der Waals surface area (Å²) in [7, 11) is 0. The van der Waals surface area contributed by atoms with Crippen LogP contribution in [0.2, 0.25) is 0 Å². The van der Waals surface area contributed by atoms with Gasteiger partial charge >= 0.3 is 0 Å². The third kappa shape index (κ3) is 3.18. The summed E-state index contributed by atoms with van der Waals surface area (Å²) in [5.41, 5.74) is 3.29. The monoisotopic (exact) mass is 348 g/mol. The van der Waals surface area contributed by atoms with Gasteiger partial charge in [-0.1, -0.05) is 37.2 Å². The summed E-state index contributed by atoms with van der Waals surface area (Å²) in [4.78, 5) is 22.9. The Morgan fingerprint density at radius 2 is 2.00 bits per heavy atom. The Morgan fingerprint density at radius 1 is 1.15 bits per heavy atom. The van der Waals surface area contributed by atoms with Gasteiger partial charge < -0.3 is 14.5 Å².